The SMILES string of the molecule is Cl.Nc1ccc(Cl)cc1Sc1ccccc1.O. The van der Waals surface area contributed by atoms with Crippen LogP contribution >= 0.6 is 35.8 Å². The first-order chi connectivity index (χ1) is 7.25. The summed E-state index contributed by atoms with van der Waals surface area (Å²) < 4.78 is 0. The van der Waals surface area contributed by atoms with Crippen LogP contribution in [0.1, 0.15) is 0 Å². The zero-order valence-electron chi connectivity index (χ0n) is 8.89. The van der Waals surface area contributed by atoms with Crippen LogP contribution in [0.3, 0.4) is 0 Å². The molecule has 0 spiro atoms. The highest BCUT2D eigenvalue weighted by molar-refractivity contribution is 7.99. The summed E-state index contributed by atoms with van der Waals surface area (Å²) in [5, 5.41) is 0.711. The molecule has 0 bridgehead atoms. The fourth-order valence-electron chi connectivity index (χ4n) is 1.21. The number of nitrogen functional groups attached to an aromatic ring is 1. The maximum absolute atomic E-state index is 5.91. The van der Waals surface area contributed by atoms with Gasteiger partial charge in [0.05, 0.1) is 0 Å². The van der Waals surface area contributed by atoms with Crippen molar-refractivity contribution < 1.29 is 5.48 Å². The first kappa shape index (κ1) is 16.1. The van der Waals surface area contributed by atoms with E-state index in [9.17, 15) is 0 Å². The van der Waals surface area contributed by atoms with Crippen molar-refractivity contribution in [1.82, 2.24) is 0 Å². The number of halogens is 2. The van der Waals surface area contributed by atoms with Gasteiger partial charge in [0.15, 0.2) is 0 Å². The lowest BCUT2D eigenvalue weighted by Crippen LogP contribution is -1.87. The van der Waals surface area contributed by atoms with E-state index in [2.05, 4.69) is 0 Å². The van der Waals surface area contributed by atoms with Crippen molar-refractivity contribution >= 4 is 41.5 Å². The van der Waals surface area contributed by atoms with Crippen molar-refractivity contribution in [1.29, 1.82) is 0 Å². The lowest BCUT2D eigenvalue weighted by atomic mass is 10.3. The third-order valence-corrected chi connectivity index (χ3v) is 3.26. The van der Waals surface area contributed by atoms with Crippen LogP contribution in [-0.2, 0) is 0 Å². The first-order valence-electron chi connectivity index (χ1n) is 4.53. The fraction of sp³-hybridized carbons (Fsp3) is 0. The van der Waals surface area contributed by atoms with Gasteiger partial charge in [0.1, 0.15) is 0 Å². The molecule has 0 aliphatic heterocycles. The van der Waals surface area contributed by atoms with E-state index in [-0.39, 0.29) is 17.9 Å². The highest BCUT2D eigenvalue weighted by Crippen LogP contribution is 2.33. The molecule has 0 aliphatic carbocycles. The normalized spacial score (nSPS) is 9.00. The van der Waals surface area contributed by atoms with E-state index in [1.165, 1.54) is 0 Å². The number of rotatable bonds is 2. The maximum Gasteiger partial charge on any atom is 0.0456 e. The van der Waals surface area contributed by atoms with E-state index in [0.29, 0.717) is 5.02 Å². The summed E-state index contributed by atoms with van der Waals surface area (Å²) in [5.41, 5.74) is 6.62. The van der Waals surface area contributed by atoms with Crippen molar-refractivity contribution in [3.05, 3.63) is 53.6 Å². The fourth-order valence-corrected chi connectivity index (χ4v) is 2.37. The van der Waals surface area contributed by atoms with Crippen molar-refractivity contribution in [3.8, 4) is 0 Å². The van der Waals surface area contributed by atoms with Crippen LogP contribution < -0.4 is 5.73 Å². The second kappa shape index (κ2) is 7.45. The first-order valence-corrected chi connectivity index (χ1v) is 5.73. The Morgan fingerprint density at radius 1 is 1.00 bits per heavy atom. The standard InChI is InChI=1S/C12H10ClNS.ClH.H2O/c13-9-6-7-11(14)12(8-9)15-10-4-2-1-3-5-10;;/h1-8H,14H2;1H;1H2. The monoisotopic (exact) mass is 289 g/mol. The minimum Gasteiger partial charge on any atom is -0.412 e. The van der Waals surface area contributed by atoms with Gasteiger partial charge in [0.2, 0.25) is 0 Å². The molecule has 2 nitrogen and oxygen atoms in total. The second-order valence-corrected chi connectivity index (χ2v) is 4.65. The van der Waals surface area contributed by atoms with Crippen LogP contribution in [0.15, 0.2) is 58.3 Å². The molecule has 2 aromatic carbocycles. The highest BCUT2D eigenvalue weighted by Gasteiger charge is 2.02. The van der Waals surface area contributed by atoms with Crippen LogP contribution in [0.25, 0.3) is 0 Å². The molecule has 92 valence electrons. The summed E-state index contributed by atoms with van der Waals surface area (Å²) in [6.07, 6.45) is 0. The average molecular weight is 290 g/mol. The number of nitrogens with two attached hydrogens (primary N) is 1. The molecule has 0 unspecified atom stereocenters. The van der Waals surface area contributed by atoms with Gasteiger partial charge in [0.25, 0.3) is 0 Å². The summed E-state index contributed by atoms with van der Waals surface area (Å²) in [6, 6.07) is 15.6. The van der Waals surface area contributed by atoms with Crippen molar-refractivity contribution in [2.24, 2.45) is 0 Å². The number of anilines is 1. The van der Waals surface area contributed by atoms with Crippen LogP contribution in [0, 0.1) is 0 Å². The van der Waals surface area contributed by atoms with Crippen LogP contribution in [0.2, 0.25) is 5.02 Å². The van der Waals surface area contributed by atoms with Crippen molar-refractivity contribution in [2.45, 2.75) is 9.79 Å². The van der Waals surface area contributed by atoms with Crippen LogP contribution in [-0.4, -0.2) is 5.48 Å². The molecule has 4 N–H and O–H groups in total. The lowest BCUT2D eigenvalue weighted by molar-refractivity contribution is 0.824. The molecule has 0 fully saturated rings. The smallest absolute Gasteiger partial charge is 0.0456 e. The number of benzene rings is 2. The Morgan fingerprint density at radius 2 is 1.65 bits per heavy atom. The van der Waals surface area contributed by atoms with E-state index < -0.39 is 0 Å². The van der Waals surface area contributed by atoms with Crippen LogP contribution in [0.5, 0.6) is 0 Å². The number of hydrogen-bond donors (Lipinski definition) is 1. The largest absolute Gasteiger partial charge is 0.412 e. The third kappa shape index (κ3) is 4.48. The lowest BCUT2D eigenvalue weighted by Gasteiger charge is -2.05. The van der Waals surface area contributed by atoms with Gasteiger partial charge < -0.3 is 11.2 Å². The topological polar surface area (TPSA) is 57.5 Å². The van der Waals surface area contributed by atoms with Gasteiger partial charge in [-0.05, 0) is 30.3 Å². The van der Waals surface area contributed by atoms with E-state index >= 15 is 0 Å². The molecule has 0 amide bonds. The Balaban J connectivity index is 0.00000128. The molecule has 0 atom stereocenters. The zero-order chi connectivity index (χ0) is 10.7. The minimum atomic E-state index is 0. The predicted molar refractivity (Wildman–Crippen MR) is 77.3 cm³/mol. The Bertz CT molecular complexity index is 465. The Hall–Kier alpha value is -0.870. The van der Waals surface area contributed by atoms with Crippen LogP contribution in [0.4, 0.5) is 5.69 Å². The summed E-state index contributed by atoms with van der Waals surface area (Å²) in [4.78, 5) is 2.15. The quantitative estimate of drug-likeness (QED) is 0.858. The molecule has 2 rings (SSSR count). The molecule has 0 radical (unpaired) electrons. The Kier molecular flexibility index (Phi) is 7.07. The minimum absolute atomic E-state index is 0. The van der Waals surface area contributed by atoms with E-state index in [1.807, 2.05) is 42.5 Å². The molecule has 0 saturated carbocycles. The van der Waals surface area contributed by atoms with Gasteiger partial charge in [-0.3, -0.25) is 0 Å². The number of hydrogen-bond acceptors (Lipinski definition) is 2. The van der Waals surface area contributed by atoms with E-state index in [1.54, 1.807) is 17.8 Å². The van der Waals surface area contributed by atoms with Gasteiger partial charge in [-0.1, -0.05) is 41.6 Å². The van der Waals surface area contributed by atoms with Gasteiger partial charge in [-0.2, -0.15) is 0 Å². The molecule has 2 aromatic rings. The third-order valence-electron chi connectivity index (χ3n) is 1.95. The predicted octanol–water partition coefficient (Wildman–Crippen LogP) is 3.67. The van der Waals surface area contributed by atoms with Gasteiger partial charge in [-0.15, -0.1) is 12.4 Å². The molecule has 0 saturated heterocycles. The van der Waals surface area contributed by atoms with Gasteiger partial charge in [0, 0.05) is 20.5 Å². The summed E-state index contributed by atoms with van der Waals surface area (Å²) in [7, 11) is 0. The molecule has 17 heavy (non-hydrogen) atoms. The molecule has 0 aliphatic rings. The average Bonchev–Trinajstić information content (AvgIpc) is 2.25. The van der Waals surface area contributed by atoms with E-state index in [0.717, 1.165) is 15.5 Å². The summed E-state index contributed by atoms with van der Waals surface area (Å²) in [6.45, 7) is 0. The molecule has 0 aromatic heterocycles. The van der Waals surface area contributed by atoms with Crippen molar-refractivity contribution in [3.63, 3.8) is 0 Å². The molecule has 5 heteroatoms. The van der Waals surface area contributed by atoms with Gasteiger partial charge in [-0.25, -0.2) is 0 Å². The highest BCUT2D eigenvalue weighted by atomic mass is 35.5. The molecular formula is C12H13Cl2NOS. The van der Waals surface area contributed by atoms with Crippen molar-refractivity contribution in [2.75, 3.05) is 5.73 Å². The Labute approximate surface area is 116 Å². The summed E-state index contributed by atoms with van der Waals surface area (Å²) >= 11 is 7.53. The van der Waals surface area contributed by atoms with Gasteiger partial charge >= 0.3 is 0 Å². The zero-order valence-corrected chi connectivity index (χ0v) is 11.3. The molecule has 0 heterocycles. The second-order valence-electron chi connectivity index (χ2n) is 3.10. The maximum atomic E-state index is 5.91. The van der Waals surface area contributed by atoms with E-state index in [4.69, 9.17) is 17.3 Å². The summed E-state index contributed by atoms with van der Waals surface area (Å²) in [5.74, 6) is 0. The Morgan fingerprint density at radius 3 is 2.29 bits per heavy atom. The molecular weight excluding hydrogens is 277 g/mol.